The van der Waals surface area contributed by atoms with Gasteiger partial charge in [0.1, 0.15) is 23.8 Å². The SMILES string of the molecule is CCNC(=NCc1ccc(C(N)=O)o1)NCCCc1cc2c(OC)cc(OC)cc2[nH]1.I. The highest BCUT2D eigenvalue weighted by Gasteiger charge is 2.10. The van der Waals surface area contributed by atoms with Crippen molar-refractivity contribution >= 4 is 46.7 Å². The van der Waals surface area contributed by atoms with E-state index >= 15 is 0 Å². The van der Waals surface area contributed by atoms with Crippen LogP contribution in [0.25, 0.3) is 10.9 Å². The van der Waals surface area contributed by atoms with Gasteiger partial charge < -0.3 is 35.2 Å². The number of aromatic amines is 1. The number of ether oxygens (including phenoxy) is 2. The van der Waals surface area contributed by atoms with Crippen LogP contribution >= 0.6 is 24.0 Å². The number of H-pyrrole nitrogens is 1. The van der Waals surface area contributed by atoms with Gasteiger partial charge in [0, 0.05) is 36.3 Å². The Bertz CT molecular complexity index is 1060. The zero-order valence-electron chi connectivity index (χ0n) is 18.5. The second-order valence-corrected chi connectivity index (χ2v) is 6.94. The molecule has 0 unspecified atom stereocenters. The first-order valence-corrected chi connectivity index (χ1v) is 10.2. The standard InChI is InChI=1S/C22H29N5O4.HI/c1-4-24-22(26-13-15-7-8-19(31-15)21(23)28)25-9-5-6-14-10-17-18(27-14)11-16(29-2)12-20(17)30-3;/h7-8,10-12,27H,4-6,9,13H2,1-3H3,(H2,23,28)(H2,24,25,26);1H. The number of amides is 1. The number of guanidine groups is 1. The van der Waals surface area contributed by atoms with Crippen LogP contribution in [0.2, 0.25) is 0 Å². The molecular formula is C22H30IN5O4. The molecule has 2 aromatic heterocycles. The number of furan rings is 1. The minimum absolute atomic E-state index is 0. The van der Waals surface area contributed by atoms with Crippen LogP contribution in [-0.2, 0) is 13.0 Å². The number of carbonyl (C=O) groups excluding carboxylic acids is 1. The van der Waals surface area contributed by atoms with Crippen molar-refractivity contribution in [3.63, 3.8) is 0 Å². The van der Waals surface area contributed by atoms with Gasteiger partial charge in [0.05, 0.1) is 19.7 Å². The molecule has 0 aliphatic carbocycles. The van der Waals surface area contributed by atoms with Gasteiger partial charge in [0.2, 0.25) is 0 Å². The van der Waals surface area contributed by atoms with Gasteiger partial charge in [-0.2, -0.15) is 0 Å². The Hall–Kier alpha value is -2.89. The Labute approximate surface area is 204 Å². The average Bonchev–Trinajstić information content (AvgIpc) is 3.41. The molecule has 0 fully saturated rings. The number of aliphatic imine (C=N–C) groups is 1. The predicted octanol–water partition coefficient (Wildman–Crippen LogP) is 3.18. The molecule has 0 aliphatic heterocycles. The lowest BCUT2D eigenvalue weighted by atomic mass is 10.2. The van der Waals surface area contributed by atoms with Crippen molar-refractivity contribution in [1.29, 1.82) is 0 Å². The van der Waals surface area contributed by atoms with E-state index in [0.29, 0.717) is 18.3 Å². The second-order valence-electron chi connectivity index (χ2n) is 6.94. The first-order valence-electron chi connectivity index (χ1n) is 10.2. The largest absolute Gasteiger partial charge is 0.497 e. The molecule has 0 saturated carbocycles. The van der Waals surface area contributed by atoms with E-state index in [1.165, 1.54) is 0 Å². The van der Waals surface area contributed by atoms with Crippen molar-refractivity contribution in [2.75, 3.05) is 27.3 Å². The van der Waals surface area contributed by atoms with Crippen LogP contribution in [0.4, 0.5) is 0 Å². The first kappa shape index (κ1) is 25.4. The number of methoxy groups -OCH3 is 2. The lowest BCUT2D eigenvalue weighted by Gasteiger charge is -2.10. The summed E-state index contributed by atoms with van der Waals surface area (Å²) in [7, 11) is 3.30. The van der Waals surface area contributed by atoms with Crippen LogP contribution in [0.5, 0.6) is 11.5 Å². The summed E-state index contributed by atoms with van der Waals surface area (Å²) in [6.07, 6.45) is 1.77. The van der Waals surface area contributed by atoms with Crippen molar-refractivity contribution in [2.24, 2.45) is 10.7 Å². The number of aromatic nitrogens is 1. The fourth-order valence-electron chi connectivity index (χ4n) is 3.24. The molecule has 0 saturated heterocycles. The third-order valence-corrected chi connectivity index (χ3v) is 4.74. The number of nitrogens with two attached hydrogens (primary N) is 1. The fourth-order valence-corrected chi connectivity index (χ4v) is 3.24. The molecule has 9 nitrogen and oxygen atoms in total. The number of primary amides is 1. The number of hydrogen-bond donors (Lipinski definition) is 4. The average molecular weight is 555 g/mol. The Morgan fingerprint density at radius 3 is 2.66 bits per heavy atom. The van der Waals surface area contributed by atoms with Crippen molar-refractivity contribution in [3.05, 3.63) is 47.5 Å². The van der Waals surface area contributed by atoms with E-state index in [-0.39, 0.29) is 29.7 Å². The lowest BCUT2D eigenvalue weighted by molar-refractivity contribution is 0.0972. The van der Waals surface area contributed by atoms with Gasteiger partial charge in [-0.1, -0.05) is 0 Å². The third-order valence-electron chi connectivity index (χ3n) is 4.74. The van der Waals surface area contributed by atoms with Gasteiger partial charge in [-0.25, -0.2) is 4.99 Å². The van der Waals surface area contributed by atoms with Crippen molar-refractivity contribution < 1.29 is 18.7 Å². The number of halogens is 1. The molecule has 3 aromatic rings. The lowest BCUT2D eigenvalue weighted by Crippen LogP contribution is -2.37. The molecule has 2 heterocycles. The van der Waals surface area contributed by atoms with Crippen LogP contribution in [0, 0.1) is 0 Å². The van der Waals surface area contributed by atoms with Crippen molar-refractivity contribution in [3.8, 4) is 11.5 Å². The summed E-state index contributed by atoms with van der Waals surface area (Å²) in [5.74, 6) is 2.35. The predicted molar refractivity (Wildman–Crippen MR) is 135 cm³/mol. The number of aryl methyl sites for hydroxylation is 1. The number of hydrogen-bond acceptors (Lipinski definition) is 5. The number of benzene rings is 1. The van der Waals surface area contributed by atoms with Crippen molar-refractivity contribution in [2.45, 2.75) is 26.3 Å². The Morgan fingerprint density at radius 2 is 2.00 bits per heavy atom. The maximum atomic E-state index is 11.1. The van der Waals surface area contributed by atoms with E-state index in [1.54, 1.807) is 26.4 Å². The minimum Gasteiger partial charge on any atom is -0.497 e. The first-order chi connectivity index (χ1) is 15.0. The molecule has 0 radical (unpaired) electrons. The summed E-state index contributed by atoms with van der Waals surface area (Å²) >= 11 is 0. The van der Waals surface area contributed by atoms with Gasteiger partial charge in [0.25, 0.3) is 5.91 Å². The number of nitrogens with one attached hydrogen (secondary N) is 3. The minimum atomic E-state index is -0.590. The molecule has 32 heavy (non-hydrogen) atoms. The van der Waals surface area contributed by atoms with Crippen LogP contribution in [0.3, 0.4) is 0 Å². The van der Waals surface area contributed by atoms with E-state index in [0.717, 1.165) is 54.0 Å². The Balaban J connectivity index is 0.00000363. The molecule has 0 atom stereocenters. The molecular weight excluding hydrogens is 525 g/mol. The third kappa shape index (κ3) is 6.55. The molecule has 10 heteroatoms. The zero-order chi connectivity index (χ0) is 22.2. The molecule has 3 rings (SSSR count). The number of nitrogens with zero attached hydrogens (tertiary/aromatic N) is 1. The van der Waals surface area contributed by atoms with Gasteiger partial charge in [-0.05, 0) is 38.0 Å². The molecule has 1 aromatic carbocycles. The van der Waals surface area contributed by atoms with Gasteiger partial charge in [-0.15, -0.1) is 24.0 Å². The van der Waals surface area contributed by atoms with Gasteiger partial charge in [-0.3, -0.25) is 4.79 Å². The van der Waals surface area contributed by atoms with Crippen LogP contribution < -0.4 is 25.8 Å². The zero-order valence-corrected chi connectivity index (χ0v) is 20.8. The normalized spacial score (nSPS) is 11.2. The van der Waals surface area contributed by atoms with Crippen LogP contribution in [-0.4, -0.2) is 44.2 Å². The summed E-state index contributed by atoms with van der Waals surface area (Å²) in [6, 6.07) is 9.21. The highest BCUT2D eigenvalue weighted by molar-refractivity contribution is 14.0. The molecule has 0 spiro atoms. The fraction of sp³-hybridized carbons (Fsp3) is 0.364. The highest BCUT2D eigenvalue weighted by atomic mass is 127. The highest BCUT2D eigenvalue weighted by Crippen LogP contribution is 2.31. The molecule has 0 aliphatic rings. The van der Waals surface area contributed by atoms with Crippen LogP contribution in [0.1, 0.15) is 35.4 Å². The van der Waals surface area contributed by atoms with E-state index in [2.05, 4.69) is 26.7 Å². The van der Waals surface area contributed by atoms with Crippen molar-refractivity contribution in [1.82, 2.24) is 15.6 Å². The Morgan fingerprint density at radius 1 is 1.19 bits per heavy atom. The molecule has 174 valence electrons. The van der Waals surface area contributed by atoms with Gasteiger partial charge >= 0.3 is 0 Å². The van der Waals surface area contributed by atoms with E-state index in [9.17, 15) is 4.79 Å². The maximum Gasteiger partial charge on any atom is 0.284 e. The Kier molecular flexibility index (Phi) is 9.69. The van der Waals surface area contributed by atoms with E-state index in [1.807, 2.05) is 19.1 Å². The summed E-state index contributed by atoms with van der Waals surface area (Å²) in [4.78, 5) is 19.0. The molecule has 5 N–H and O–H groups in total. The molecule has 0 bridgehead atoms. The maximum absolute atomic E-state index is 11.1. The number of fused-ring (bicyclic) bond motifs is 1. The smallest absolute Gasteiger partial charge is 0.284 e. The second kappa shape index (κ2) is 12.2. The summed E-state index contributed by atoms with van der Waals surface area (Å²) in [5.41, 5.74) is 7.32. The van der Waals surface area contributed by atoms with Gasteiger partial charge in [0.15, 0.2) is 11.7 Å². The van der Waals surface area contributed by atoms with E-state index in [4.69, 9.17) is 19.6 Å². The summed E-state index contributed by atoms with van der Waals surface area (Å²) < 4.78 is 16.2. The summed E-state index contributed by atoms with van der Waals surface area (Å²) in [6.45, 7) is 3.79. The number of rotatable bonds is 10. The summed E-state index contributed by atoms with van der Waals surface area (Å²) in [5, 5.41) is 7.55. The topological polar surface area (TPSA) is 127 Å². The number of carbonyl (C=O) groups is 1. The van der Waals surface area contributed by atoms with E-state index < -0.39 is 5.91 Å². The quantitative estimate of drug-likeness (QED) is 0.132. The monoisotopic (exact) mass is 555 g/mol. The van der Waals surface area contributed by atoms with Crippen LogP contribution in [0.15, 0.2) is 39.7 Å². The molecule has 1 amide bonds.